The van der Waals surface area contributed by atoms with E-state index in [0.717, 1.165) is 18.0 Å². The van der Waals surface area contributed by atoms with Gasteiger partial charge in [-0.1, -0.05) is 0 Å². The smallest absolute Gasteiger partial charge is 0.227 e. The lowest BCUT2D eigenvalue weighted by Gasteiger charge is -2.06. The molecule has 4 nitrogen and oxygen atoms in total. The molecule has 0 saturated heterocycles. The molecule has 0 radical (unpaired) electrons. The highest BCUT2D eigenvalue weighted by atomic mass is 35.5. The van der Waals surface area contributed by atoms with Crippen molar-refractivity contribution in [3.8, 4) is 0 Å². The van der Waals surface area contributed by atoms with Crippen molar-refractivity contribution in [2.24, 2.45) is 5.73 Å². The topological polar surface area (TPSA) is 68.0 Å². The Kier molecular flexibility index (Phi) is 5.18. The summed E-state index contributed by atoms with van der Waals surface area (Å²) in [6.45, 7) is 0.386. The van der Waals surface area contributed by atoms with E-state index >= 15 is 0 Å². The van der Waals surface area contributed by atoms with Crippen LogP contribution in [0.3, 0.4) is 0 Å². The highest BCUT2D eigenvalue weighted by Crippen LogP contribution is 2.29. The lowest BCUT2D eigenvalue weighted by Crippen LogP contribution is -2.16. The highest BCUT2D eigenvalue weighted by molar-refractivity contribution is 7.15. The number of fused-ring (bicyclic) bond motifs is 1. The summed E-state index contributed by atoms with van der Waals surface area (Å²) >= 11 is 1.61. The SMILES string of the molecule is Cl.NCCC(=O)Nc1nc2c(s1)CCCC2. The highest BCUT2D eigenvalue weighted by Gasteiger charge is 2.15. The molecule has 3 N–H and O–H groups in total. The predicted octanol–water partition coefficient (Wildman–Crippen LogP) is 1.73. The predicted molar refractivity (Wildman–Crippen MR) is 68.3 cm³/mol. The first-order valence-electron chi connectivity index (χ1n) is 5.28. The molecule has 0 aliphatic heterocycles. The van der Waals surface area contributed by atoms with E-state index < -0.39 is 0 Å². The van der Waals surface area contributed by atoms with Crippen LogP contribution in [0, 0.1) is 0 Å². The largest absolute Gasteiger partial charge is 0.330 e. The maximum Gasteiger partial charge on any atom is 0.227 e. The maximum absolute atomic E-state index is 11.3. The van der Waals surface area contributed by atoms with E-state index in [1.165, 1.54) is 23.4 Å². The number of aromatic nitrogens is 1. The molecule has 1 aliphatic rings. The molecule has 1 aromatic rings. The summed E-state index contributed by atoms with van der Waals surface area (Å²) in [5.41, 5.74) is 6.48. The monoisotopic (exact) mass is 261 g/mol. The second-order valence-corrected chi connectivity index (χ2v) is 4.77. The van der Waals surface area contributed by atoms with Crippen molar-refractivity contribution in [2.45, 2.75) is 32.1 Å². The summed E-state index contributed by atoms with van der Waals surface area (Å²) in [6.07, 6.45) is 4.99. The number of hydrogen-bond acceptors (Lipinski definition) is 4. The molecule has 1 aliphatic carbocycles. The van der Waals surface area contributed by atoms with E-state index in [4.69, 9.17) is 5.73 Å². The number of hydrogen-bond donors (Lipinski definition) is 2. The lowest BCUT2D eigenvalue weighted by atomic mass is 10.0. The van der Waals surface area contributed by atoms with Gasteiger partial charge in [0.2, 0.25) is 5.91 Å². The molecule has 0 unspecified atom stereocenters. The van der Waals surface area contributed by atoms with Gasteiger partial charge in [-0.25, -0.2) is 4.98 Å². The first-order valence-corrected chi connectivity index (χ1v) is 6.09. The van der Waals surface area contributed by atoms with Crippen molar-refractivity contribution >= 4 is 34.8 Å². The van der Waals surface area contributed by atoms with Crippen molar-refractivity contribution in [2.75, 3.05) is 11.9 Å². The Labute approximate surface area is 105 Å². The Bertz CT molecular complexity index is 343. The fourth-order valence-electron chi connectivity index (χ4n) is 1.72. The molecule has 0 spiro atoms. The van der Waals surface area contributed by atoms with E-state index in [-0.39, 0.29) is 18.3 Å². The van der Waals surface area contributed by atoms with Crippen LogP contribution in [0.4, 0.5) is 5.13 Å². The standard InChI is InChI=1S/C10H15N3OS.ClH/c11-6-5-9(14)13-10-12-7-3-1-2-4-8(7)15-10;/h1-6,11H2,(H,12,13,14);1H. The first-order chi connectivity index (χ1) is 7.29. The number of amides is 1. The normalized spacial score (nSPS) is 13.8. The van der Waals surface area contributed by atoms with Crippen LogP contribution < -0.4 is 11.1 Å². The first kappa shape index (κ1) is 13.4. The molecule has 1 heterocycles. The number of thiazole rings is 1. The van der Waals surface area contributed by atoms with Gasteiger partial charge in [-0.2, -0.15) is 0 Å². The zero-order valence-electron chi connectivity index (χ0n) is 8.99. The zero-order chi connectivity index (χ0) is 10.7. The number of rotatable bonds is 3. The quantitative estimate of drug-likeness (QED) is 0.871. The summed E-state index contributed by atoms with van der Waals surface area (Å²) in [7, 11) is 0. The number of aryl methyl sites for hydroxylation is 2. The number of nitrogens with one attached hydrogen (secondary N) is 1. The average molecular weight is 262 g/mol. The molecule has 0 aromatic carbocycles. The van der Waals surface area contributed by atoms with Gasteiger partial charge in [0.1, 0.15) is 0 Å². The third-order valence-corrected chi connectivity index (χ3v) is 3.54. The van der Waals surface area contributed by atoms with Crippen molar-refractivity contribution in [1.82, 2.24) is 4.98 Å². The van der Waals surface area contributed by atoms with Crippen LogP contribution in [0.2, 0.25) is 0 Å². The second-order valence-electron chi connectivity index (χ2n) is 3.68. The van der Waals surface area contributed by atoms with Gasteiger partial charge in [0, 0.05) is 17.8 Å². The van der Waals surface area contributed by atoms with Crippen molar-refractivity contribution in [1.29, 1.82) is 0 Å². The van der Waals surface area contributed by atoms with Crippen LogP contribution in [0.25, 0.3) is 0 Å². The van der Waals surface area contributed by atoms with E-state index in [1.54, 1.807) is 11.3 Å². The fourth-order valence-corrected chi connectivity index (χ4v) is 2.78. The van der Waals surface area contributed by atoms with Crippen LogP contribution in [0.5, 0.6) is 0 Å². The van der Waals surface area contributed by atoms with Gasteiger partial charge in [-0.15, -0.1) is 23.7 Å². The third-order valence-electron chi connectivity index (χ3n) is 2.46. The molecular formula is C10H16ClN3OS. The van der Waals surface area contributed by atoms with Crippen molar-refractivity contribution < 1.29 is 4.79 Å². The van der Waals surface area contributed by atoms with Gasteiger partial charge >= 0.3 is 0 Å². The molecule has 6 heteroatoms. The van der Waals surface area contributed by atoms with Crippen molar-refractivity contribution in [3.05, 3.63) is 10.6 Å². The maximum atomic E-state index is 11.3. The third kappa shape index (κ3) is 3.17. The minimum Gasteiger partial charge on any atom is -0.330 e. The lowest BCUT2D eigenvalue weighted by molar-refractivity contribution is -0.116. The minimum atomic E-state index is -0.0383. The number of halogens is 1. The Balaban J connectivity index is 0.00000128. The van der Waals surface area contributed by atoms with Crippen molar-refractivity contribution in [3.63, 3.8) is 0 Å². The second kappa shape index (κ2) is 6.18. The van der Waals surface area contributed by atoms with Gasteiger partial charge in [-0.05, 0) is 25.7 Å². The fraction of sp³-hybridized carbons (Fsp3) is 0.600. The number of carbonyl (C=O) groups is 1. The Morgan fingerprint density at radius 1 is 1.44 bits per heavy atom. The molecule has 1 aromatic heterocycles. The van der Waals surface area contributed by atoms with Gasteiger partial charge < -0.3 is 11.1 Å². The van der Waals surface area contributed by atoms with Crippen LogP contribution >= 0.6 is 23.7 Å². The van der Waals surface area contributed by atoms with Gasteiger partial charge in [0.25, 0.3) is 0 Å². The Morgan fingerprint density at radius 3 is 2.88 bits per heavy atom. The molecule has 90 valence electrons. The zero-order valence-corrected chi connectivity index (χ0v) is 10.6. The Hall–Kier alpha value is -0.650. The van der Waals surface area contributed by atoms with Crippen LogP contribution in [0.1, 0.15) is 29.8 Å². The average Bonchev–Trinajstić information content (AvgIpc) is 2.59. The molecule has 1 amide bonds. The summed E-state index contributed by atoms with van der Waals surface area (Å²) in [4.78, 5) is 17.1. The molecule has 2 rings (SSSR count). The van der Waals surface area contributed by atoms with Crippen LogP contribution in [-0.4, -0.2) is 17.4 Å². The van der Waals surface area contributed by atoms with E-state index in [2.05, 4.69) is 10.3 Å². The van der Waals surface area contributed by atoms with Gasteiger partial charge in [0.05, 0.1) is 5.69 Å². The van der Waals surface area contributed by atoms with Crippen LogP contribution in [0.15, 0.2) is 0 Å². The van der Waals surface area contributed by atoms with E-state index in [9.17, 15) is 4.79 Å². The summed E-state index contributed by atoms with van der Waals surface area (Å²) in [6, 6.07) is 0. The molecular weight excluding hydrogens is 246 g/mol. The van der Waals surface area contributed by atoms with E-state index in [0.29, 0.717) is 13.0 Å². The molecule has 0 saturated carbocycles. The minimum absolute atomic E-state index is 0. The Morgan fingerprint density at radius 2 is 2.19 bits per heavy atom. The van der Waals surface area contributed by atoms with Crippen LogP contribution in [-0.2, 0) is 17.6 Å². The summed E-state index contributed by atoms with van der Waals surface area (Å²) in [5, 5.41) is 3.52. The van der Waals surface area contributed by atoms with Gasteiger partial charge in [0.15, 0.2) is 5.13 Å². The summed E-state index contributed by atoms with van der Waals surface area (Å²) < 4.78 is 0. The summed E-state index contributed by atoms with van der Waals surface area (Å²) in [5.74, 6) is -0.0383. The number of carbonyl (C=O) groups excluding carboxylic acids is 1. The molecule has 0 bridgehead atoms. The molecule has 0 fully saturated rings. The van der Waals surface area contributed by atoms with Gasteiger partial charge in [-0.3, -0.25) is 4.79 Å². The number of nitrogens with two attached hydrogens (primary N) is 1. The molecule has 16 heavy (non-hydrogen) atoms. The number of anilines is 1. The van der Waals surface area contributed by atoms with E-state index in [1.807, 2.05) is 0 Å². The molecule has 0 atom stereocenters. The number of nitrogens with zero attached hydrogens (tertiary/aromatic N) is 1.